The van der Waals surface area contributed by atoms with Crippen molar-refractivity contribution in [3.63, 3.8) is 0 Å². The van der Waals surface area contributed by atoms with Gasteiger partial charge in [-0.05, 0) is 89.9 Å². The van der Waals surface area contributed by atoms with E-state index in [0.717, 1.165) is 83.5 Å². The molecule has 0 aliphatic carbocycles. The number of allylic oxidation sites excluding steroid dienone is 16. The summed E-state index contributed by atoms with van der Waals surface area (Å²) in [5, 5.41) is 0. The second-order valence-electron chi connectivity index (χ2n) is 17.1. The zero-order valence-electron chi connectivity index (χ0n) is 41.5. The normalized spacial score (nSPS) is 12.9. The number of ether oxygens (including phenoxy) is 3. The third-order valence-corrected chi connectivity index (χ3v) is 10.9. The Morgan fingerprint density at radius 3 is 1.16 bits per heavy atom. The predicted molar refractivity (Wildman–Crippen MR) is 274 cm³/mol. The summed E-state index contributed by atoms with van der Waals surface area (Å²) in [6.07, 6.45) is 68.2. The van der Waals surface area contributed by atoms with E-state index in [1.54, 1.807) is 0 Å². The summed E-state index contributed by atoms with van der Waals surface area (Å²) in [5.74, 6) is -0.957. The minimum atomic E-state index is -0.805. The van der Waals surface area contributed by atoms with Crippen molar-refractivity contribution in [2.24, 2.45) is 0 Å². The summed E-state index contributed by atoms with van der Waals surface area (Å²) >= 11 is 0. The summed E-state index contributed by atoms with van der Waals surface area (Å²) in [7, 11) is 0. The van der Waals surface area contributed by atoms with Crippen LogP contribution in [0.3, 0.4) is 0 Å². The number of hydrogen-bond acceptors (Lipinski definition) is 6. The maximum atomic E-state index is 12.8. The fraction of sp³-hybridized carbons (Fsp3) is 0.672. The second kappa shape index (κ2) is 52.0. The fourth-order valence-electron chi connectivity index (χ4n) is 7.02. The van der Waals surface area contributed by atoms with Crippen molar-refractivity contribution >= 4 is 17.9 Å². The third kappa shape index (κ3) is 49.3. The van der Waals surface area contributed by atoms with E-state index in [0.29, 0.717) is 19.3 Å². The first-order chi connectivity index (χ1) is 31.5. The molecule has 0 bridgehead atoms. The lowest BCUT2D eigenvalue weighted by Crippen LogP contribution is -2.30. The zero-order chi connectivity index (χ0) is 46.5. The molecule has 0 aliphatic rings. The highest BCUT2D eigenvalue weighted by Crippen LogP contribution is 2.14. The minimum absolute atomic E-state index is 0.101. The number of carbonyl (C=O) groups excluding carboxylic acids is 3. The molecule has 1 unspecified atom stereocenters. The van der Waals surface area contributed by atoms with Crippen LogP contribution < -0.4 is 0 Å². The molecule has 6 heteroatoms. The topological polar surface area (TPSA) is 78.9 Å². The fourth-order valence-corrected chi connectivity index (χ4v) is 7.02. The Morgan fingerprint density at radius 1 is 0.344 bits per heavy atom. The Morgan fingerprint density at radius 2 is 0.688 bits per heavy atom. The van der Waals surface area contributed by atoms with Crippen LogP contribution in [-0.4, -0.2) is 37.2 Å². The van der Waals surface area contributed by atoms with Crippen LogP contribution in [0, 0.1) is 0 Å². The second-order valence-corrected chi connectivity index (χ2v) is 17.1. The van der Waals surface area contributed by atoms with Gasteiger partial charge in [0.15, 0.2) is 6.10 Å². The van der Waals surface area contributed by atoms with Gasteiger partial charge in [0.05, 0.1) is 0 Å². The molecule has 0 aromatic carbocycles. The lowest BCUT2D eigenvalue weighted by molar-refractivity contribution is -0.167. The Bertz CT molecular complexity index is 1300. The molecule has 0 amide bonds. The molecule has 0 radical (unpaired) electrons. The van der Waals surface area contributed by atoms with Crippen molar-refractivity contribution in [2.45, 2.75) is 239 Å². The molecule has 0 spiro atoms. The molecule has 64 heavy (non-hydrogen) atoms. The molecule has 0 aromatic rings. The van der Waals surface area contributed by atoms with E-state index in [1.807, 2.05) is 48.6 Å². The first kappa shape index (κ1) is 60.3. The molecule has 6 nitrogen and oxygen atoms in total. The molecule has 0 saturated carbocycles. The van der Waals surface area contributed by atoms with Crippen molar-refractivity contribution < 1.29 is 28.6 Å². The van der Waals surface area contributed by atoms with Crippen LogP contribution in [0.5, 0.6) is 0 Å². The standard InChI is InChI=1S/C58H96O6/c1-4-7-10-13-16-19-22-25-28-29-31-33-36-39-42-45-48-51-57(60)63-54-55(53-62-56(59)50-47-44-41-38-35-32-27-24-21-18-15-12-9-6-3)64-58(61)52-49-46-43-40-37-34-30-26-23-20-17-14-11-8-5-2/h8-9,11-12,14,17-18,20-21,23,25-26,28,30,34,37,55H,4-7,10,13,15-16,19,22,24,27,29,31-33,35-36,38-54H2,1-3H3/b11-8-,12-9-,17-14-,21-18-,23-20-,28-25-,30-26-,37-34-. The Hall–Kier alpha value is -3.67. The SMILES string of the molecule is CC\C=C/C=C\C=C/C=C\C=C/CCCCCC(=O)OC(COC(=O)CCCCCCCCC/C=C\C/C=C\CC)COC(=O)CCCCCCCCC/C=C\CCCCCCCC. The van der Waals surface area contributed by atoms with Crippen LogP contribution in [-0.2, 0) is 28.6 Å². The van der Waals surface area contributed by atoms with Crippen molar-refractivity contribution in [1.82, 2.24) is 0 Å². The first-order valence-electron chi connectivity index (χ1n) is 26.3. The van der Waals surface area contributed by atoms with Gasteiger partial charge in [-0.25, -0.2) is 0 Å². The van der Waals surface area contributed by atoms with E-state index >= 15 is 0 Å². The van der Waals surface area contributed by atoms with E-state index in [-0.39, 0.29) is 37.5 Å². The van der Waals surface area contributed by atoms with Crippen molar-refractivity contribution in [1.29, 1.82) is 0 Å². The molecule has 0 saturated heterocycles. The van der Waals surface area contributed by atoms with Crippen molar-refractivity contribution in [3.8, 4) is 0 Å². The van der Waals surface area contributed by atoms with Gasteiger partial charge < -0.3 is 14.2 Å². The summed E-state index contributed by atoms with van der Waals surface area (Å²) in [6, 6.07) is 0. The van der Waals surface area contributed by atoms with Crippen LogP contribution >= 0.6 is 0 Å². The van der Waals surface area contributed by atoms with E-state index in [2.05, 4.69) is 69.4 Å². The first-order valence-corrected chi connectivity index (χ1v) is 26.3. The van der Waals surface area contributed by atoms with Crippen LogP contribution in [0.4, 0.5) is 0 Å². The van der Waals surface area contributed by atoms with Gasteiger partial charge >= 0.3 is 17.9 Å². The van der Waals surface area contributed by atoms with E-state index in [4.69, 9.17) is 14.2 Å². The third-order valence-electron chi connectivity index (χ3n) is 10.9. The van der Waals surface area contributed by atoms with Crippen LogP contribution in [0.15, 0.2) is 97.2 Å². The maximum absolute atomic E-state index is 12.8. The highest BCUT2D eigenvalue weighted by molar-refractivity contribution is 5.71. The van der Waals surface area contributed by atoms with E-state index in [9.17, 15) is 14.4 Å². The molecule has 0 aromatic heterocycles. The van der Waals surface area contributed by atoms with Gasteiger partial charge in [0, 0.05) is 19.3 Å². The molecule has 0 heterocycles. The number of hydrogen-bond donors (Lipinski definition) is 0. The average Bonchev–Trinajstić information content (AvgIpc) is 3.29. The molecule has 0 fully saturated rings. The number of esters is 3. The van der Waals surface area contributed by atoms with Gasteiger partial charge in [-0.2, -0.15) is 0 Å². The quantitative estimate of drug-likeness (QED) is 0.0199. The monoisotopic (exact) mass is 889 g/mol. The minimum Gasteiger partial charge on any atom is -0.462 e. The van der Waals surface area contributed by atoms with Gasteiger partial charge in [-0.15, -0.1) is 0 Å². The highest BCUT2D eigenvalue weighted by atomic mass is 16.6. The number of rotatable bonds is 46. The summed E-state index contributed by atoms with van der Waals surface area (Å²) in [6.45, 7) is 6.34. The van der Waals surface area contributed by atoms with Crippen molar-refractivity contribution in [2.75, 3.05) is 13.2 Å². The predicted octanol–water partition coefficient (Wildman–Crippen LogP) is 17.4. The smallest absolute Gasteiger partial charge is 0.306 e. The lowest BCUT2D eigenvalue weighted by Gasteiger charge is -2.18. The van der Waals surface area contributed by atoms with Gasteiger partial charge in [0.1, 0.15) is 13.2 Å². The zero-order valence-corrected chi connectivity index (χ0v) is 41.5. The Labute approximate surface area is 394 Å². The summed E-state index contributed by atoms with van der Waals surface area (Å²) in [5.41, 5.74) is 0. The Kier molecular flexibility index (Phi) is 49.0. The molecule has 364 valence electrons. The lowest BCUT2D eigenvalue weighted by atomic mass is 10.1. The van der Waals surface area contributed by atoms with Gasteiger partial charge in [0.25, 0.3) is 0 Å². The van der Waals surface area contributed by atoms with E-state index < -0.39 is 6.10 Å². The van der Waals surface area contributed by atoms with Crippen molar-refractivity contribution in [3.05, 3.63) is 97.2 Å². The van der Waals surface area contributed by atoms with Crippen LogP contribution in [0.2, 0.25) is 0 Å². The van der Waals surface area contributed by atoms with Crippen LogP contribution in [0.25, 0.3) is 0 Å². The van der Waals surface area contributed by atoms with Crippen LogP contribution in [0.1, 0.15) is 233 Å². The average molecular weight is 889 g/mol. The number of carbonyl (C=O) groups is 3. The molecular weight excluding hydrogens is 793 g/mol. The Balaban J connectivity index is 4.47. The molecule has 0 N–H and O–H groups in total. The molecule has 0 aliphatic heterocycles. The number of unbranched alkanes of at least 4 members (excludes halogenated alkanes) is 23. The summed E-state index contributed by atoms with van der Waals surface area (Å²) in [4.78, 5) is 38.0. The molecule has 0 rings (SSSR count). The van der Waals surface area contributed by atoms with Gasteiger partial charge in [-0.3, -0.25) is 14.4 Å². The van der Waals surface area contributed by atoms with Gasteiger partial charge in [-0.1, -0.05) is 221 Å². The maximum Gasteiger partial charge on any atom is 0.306 e. The largest absolute Gasteiger partial charge is 0.462 e. The molecular formula is C58H96O6. The highest BCUT2D eigenvalue weighted by Gasteiger charge is 2.19. The molecule has 1 atom stereocenters. The van der Waals surface area contributed by atoms with E-state index in [1.165, 1.54) is 103 Å². The summed E-state index contributed by atoms with van der Waals surface area (Å²) < 4.78 is 16.8. The van der Waals surface area contributed by atoms with Gasteiger partial charge in [0.2, 0.25) is 0 Å².